The minimum Gasteiger partial charge on any atom is -0.756 e. The molecule has 0 radical (unpaired) electrons. The number of ether oxygens (including phenoxy) is 2. The van der Waals surface area contributed by atoms with Gasteiger partial charge in [-0.2, -0.15) is 0 Å². The van der Waals surface area contributed by atoms with Crippen molar-refractivity contribution in [3.05, 3.63) is 36.5 Å². The molecule has 0 amide bonds. The summed E-state index contributed by atoms with van der Waals surface area (Å²) in [5, 5.41) is 0. The van der Waals surface area contributed by atoms with Gasteiger partial charge >= 0.3 is 11.9 Å². The fraction of sp³-hybridized carbons (Fsp3) is 0.857. The highest BCUT2D eigenvalue weighted by molar-refractivity contribution is 7.45. The van der Waals surface area contributed by atoms with Gasteiger partial charge in [0.05, 0.1) is 27.7 Å². The molecule has 0 N–H and O–H groups in total. The van der Waals surface area contributed by atoms with Gasteiger partial charge < -0.3 is 27.9 Å². The van der Waals surface area contributed by atoms with Crippen molar-refractivity contribution >= 4 is 19.8 Å². The number of likely N-dealkylation sites (N-methyl/N-ethyl adjacent to an activating group) is 1. The van der Waals surface area contributed by atoms with E-state index in [0.29, 0.717) is 17.4 Å². The van der Waals surface area contributed by atoms with Gasteiger partial charge in [-0.1, -0.05) is 230 Å². The second kappa shape index (κ2) is 48.3. The summed E-state index contributed by atoms with van der Waals surface area (Å²) in [4.78, 5) is 37.7. The average Bonchev–Trinajstić information content (AvgIpc) is 3.27. The SMILES string of the molecule is CCCCCCC/C=C\C/C=C\C/C=C\CCCCCCCCCCCCCCCCCCC(=O)OC(COC(=O)CCCCCCCCCCCCC)COP(=O)([O-])OCC[N+](C)(C)C. The summed E-state index contributed by atoms with van der Waals surface area (Å²) in [5.41, 5.74) is 0. The minimum absolute atomic E-state index is 0.0287. The third kappa shape index (κ3) is 51.6. The number of nitrogens with zero attached hydrogens (tertiary/aromatic N) is 1. The molecule has 0 aliphatic heterocycles. The van der Waals surface area contributed by atoms with Crippen molar-refractivity contribution < 1.29 is 42.1 Å². The van der Waals surface area contributed by atoms with Crippen molar-refractivity contribution in [2.75, 3.05) is 47.5 Å². The molecule has 0 spiro atoms. The topological polar surface area (TPSA) is 111 Å². The third-order valence-corrected chi connectivity index (χ3v) is 13.1. The average molecular weight is 952 g/mol. The number of carbonyl (C=O) groups is 2. The van der Waals surface area contributed by atoms with E-state index >= 15 is 0 Å². The Morgan fingerprint density at radius 2 is 0.818 bits per heavy atom. The Kier molecular flexibility index (Phi) is 47.0. The Bertz CT molecular complexity index is 1210. The molecule has 2 atom stereocenters. The summed E-state index contributed by atoms with van der Waals surface area (Å²) in [6, 6.07) is 0. The van der Waals surface area contributed by atoms with Crippen molar-refractivity contribution in [3.8, 4) is 0 Å². The zero-order valence-corrected chi connectivity index (χ0v) is 44.8. The van der Waals surface area contributed by atoms with E-state index in [4.69, 9.17) is 18.5 Å². The van der Waals surface area contributed by atoms with Crippen LogP contribution in [-0.2, 0) is 32.7 Å². The number of rotatable bonds is 51. The van der Waals surface area contributed by atoms with E-state index in [1.807, 2.05) is 21.1 Å². The van der Waals surface area contributed by atoms with E-state index in [-0.39, 0.29) is 32.0 Å². The monoisotopic (exact) mass is 952 g/mol. The summed E-state index contributed by atoms with van der Waals surface area (Å²) < 4.78 is 34.0. The highest BCUT2D eigenvalue weighted by Gasteiger charge is 2.21. The quantitative estimate of drug-likeness (QED) is 0.0195. The van der Waals surface area contributed by atoms with Crippen LogP contribution in [0.3, 0.4) is 0 Å². The molecule has 0 heterocycles. The molecule has 0 fully saturated rings. The van der Waals surface area contributed by atoms with Gasteiger partial charge in [-0.3, -0.25) is 14.2 Å². The number of phosphoric acid groups is 1. The number of phosphoric ester groups is 1. The van der Waals surface area contributed by atoms with Crippen LogP contribution >= 0.6 is 7.82 Å². The molecule has 0 aliphatic carbocycles. The Balaban J connectivity index is 4.02. The highest BCUT2D eigenvalue weighted by atomic mass is 31.2. The number of hydrogen-bond donors (Lipinski definition) is 0. The third-order valence-electron chi connectivity index (χ3n) is 12.2. The molecule has 66 heavy (non-hydrogen) atoms. The van der Waals surface area contributed by atoms with Gasteiger partial charge in [0, 0.05) is 12.8 Å². The number of allylic oxidation sites excluding steroid dienone is 6. The van der Waals surface area contributed by atoms with E-state index in [1.54, 1.807) is 0 Å². The van der Waals surface area contributed by atoms with Crippen molar-refractivity contribution in [3.63, 3.8) is 0 Å². The molecule has 0 aromatic carbocycles. The van der Waals surface area contributed by atoms with Crippen LogP contribution in [0.5, 0.6) is 0 Å². The maximum absolute atomic E-state index is 12.7. The number of quaternary nitrogens is 1. The summed E-state index contributed by atoms with van der Waals surface area (Å²) >= 11 is 0. The normalized spacial score (nSPS) is 13.6. The van der Waals surface area contributed by atoms with E-state index < -0.39 is 26.5 Å². The first-order valence-electron chi connectivity index (χ1n) is 27.7. The Morgan fingerprint density at radius 3 is 1.21 bits per heavy atom. The molecule has 0 aromatic heterocycles. The molecule has 0 aromatic rings. The van der Waals surface area contributed by atoms with Gasteiger partial charge in [-0.05, 0) is 51.4 Å². The molecule has 0 saturated carbocycles. The number of hydrogen-bond acceptors (Lipinski definition) is 8. The maximum Gasteiger partial charge on any atom is 0.306 e. The van der Waals surface area contributed by atoms with Gasteiger partial charge in [0.2, 0.25) is 0 Å². The van der Waals surface area contributed by atoms with Crippen LogP contribution in [0.4, 0.5) is 0 Å². The van der Waals surface area contributed by atoms with Crippen LogP contribution in [0.15, 0.2) is 36.5 Å². The second-order valence-corrected chi connectivity index (χ2v) is 21.4. The molecule has 2 unspecified atom stereocenters. The smallest absolute Gasteiger partial charge is 0.306 e. The summed E-state index contributed by atoms with van der Waals surface area (Å²) in [7, 11) is 1.18. The molecule has 0 aliphatic rings. The van der Waals surface area contributed by atoms with Crippen molar-refractivity contribution in [2.24, 2.45) is 0 Å². The van der Waals surface area contributed by atoms with Crippen LogP contribution in [0.2, 0.25) is 0 Å². The van der Waals surface area contributed by atoms with Crippen LogP contribution in [0, 0.1) is 0 Å². The van der Waals surface area contributed by atoms with Crippen LogP contribution < -0.4 is 4.89 Å². The largest absolute Gasteiger partial charge is 0.756 e. The van der Waals surface area contributed by atoms with Crippen molar-refractivity contribution in [1.82, 2.24) is 0 Å². The fourth-order valence-electron chi connectivity index (χ4n) is 7.84. The second-order valence-electron chi connectivity index (χ2n) is 20.0. The van der Waals surface area contributed by atoms with Gasteiger partial charge in [-0.15, -0.1) is 0 Å². The van der Waals surface area contributed by atoms with Crippen molar-refractivity contribution in [2.45, 2.75) is 264 Å². The first-order chi connectivity index (χ1) is 32.0. The lowest BCUT2D eigenvalue weighted by Gasteiger charge is -2.28. The lowest BCUT2D eigenvalue weighted by molar-refractivity contribution is -0.870. The molecule has 10 heteroatoms. The first-order valence-corrected chi connectivity index (χ1v) is 29.2. The van der Waals surface area contributed by atoms with E-state index in [9.17, 15) is 19.0 Å². The first kappa shape index (κ1) is 64.2. The molecule has 0 rings (SSSR count). The lowest BCUT2D eigenvalue weighted by atomic mass is 10.0. The van der Waals surface area contributed by atoms with Crippen molar-refractivity contribution in [1.29, 1.82) is 0 Å². The Hall–Kier alpha value is -1.77. The zero-order chi connectivity index (χ0) is 48.5. The minimum atomic E-state index is -4.63. The molecular weight excluding hydrogens is 846 g/mol. The van der Waals surface area contributed by atoms with Gasteiger partial charge in [0.15, 0.2) is 6.10 Å². The van der Waals surface area contributed by atoms with Crippen LogP contribution in [-0.4, -0.2) is 70.0 Å². The van der Waals surface area contributed by atoms with E-state index in [2.05, 4.69) is 50.3 Å². The predicted octanol–water partition coefficient (Wildman–Crippen LogP) is 16.2. The maximum atomic E-state index is 12.7. The number of carbonyl (C=O) groups excluding carboxylic acids is 2. The lowest BCUT2D eigenvalue weighted by Crippen LogP contribution is -2.37. The van der Waals surface area contributed by atoms with Crippen LogP contribution in [0.1, 0.15) is 258 Å². The summed E-state index contributed by atoms with van der Waals surface area (Å²) in [6.07, 6.45) is 57.7. The standard InChI is InChI=1S/C56H106NO8P/c1-6-8-10-12-14-16-18-19-20-21-22-23-24-25-26-27-28-29-30-31-32-33-34-35-36-37-39-41-43-45-47-49-56(59)65-54(53-64-66(60,61)63-51-50-57(3,4)5)52-62-55(58)48-46-44-42-40-38-17-15-13-11-9-7-2/h18-19,21-22,24-25,54H,6-17,20,23,26-53H2,1-5H3/b19-18-,22-21-,25-24-. The highest BCUT2D eigenvalue weighted by Crippen LogP contribution is 2.38. The number of esters is 2. The fourth-order valence-corrected chi connectivity index (χ4v) is 8.57. The molecular formula is C56H106NO8P. The zero-order valence-electron chi connectivity index (χ0n) is 43.9. The van der Waals surface area contributed by atoms with Crippen LogP contribution in [0.25, 0.3) is 0 Å². The number of unbranched alkanes of at least 4 members (excludes halogenated alkanes) is 31. The predicted molar refractivity (Wildman–Crippen MR) is 277 cm³/mol. The van der Waals surface area contributed by atoms with E-state index in [1.165, 1.54) is 173 Å². The Morgan fingerprint density at radius 1 is 0.470 bits per heavy atom. The summed E-state index contributed by atoms with van der Waals surface area (Å²) in [5.74, 6) is -0.824. The summed E-state index contributed by atoms with van der Waals surface area (Å²) in [6.45, 7) is 4.24. The van der Waals surface area contributed by atoms with Gasteiger partial charge in [0.25, 0.3) is 7.82 Å². The Labute approximate surface area is 408 Å². The molecule has 0 saturated heterocycles. The molecule has 9 nitrogen and oxygen atoms in total. The molecule has 388 valence electrons. The van der Waals surface area contributed by atoms with Gasteiger partial charge in [-0.25, -0.2) is 0 Å². The molecule has 0 bridgehead atoms. The van der Waals surface area contributed by atoms with Gasteiger partial charge in [0.1, 0.15) is 19.8 Å². The van der Waals surface area contributed by atoms with E-state index in [0.717, 1.165) is 51.4 Å².